The van der Waals surface area contributed by atoms with E-state index in [0.717, 1.165) is 0 Å². The fourth-order valence-electron chi connectivity index (χ4n) is 1.30. The average Bonchev–Trinajstić information content (AvgIpc) is 2.17. The van der Waals surface area contributed by atoms with E-state index >= 15 is 0 Å². The number of hydrogen-bond donors (Lipinski definition) is 0. The van der Waals surface area contributed by atoms with Gasteiger partial charge in [0.2, 0.25) is 0 Å². The van der Waals surface area contributed by atoms with E-state index in [4.69, 9.17) is 0 Å². The third-order valence-electron chi connectivity index (χ3n) is 1.94. The molecule has 54 valence electrons. The molecule has 0 saturated carbocycles. The van der Waals surface area contributed by atoms with E-state index in [9.17, 15) is 0 Å². The third-order valence-corrected chi connectivity index (χ3v) is 2.76. The van der Waals surface area contributed by atoms with Crippen molar-refractivity contribution in [3.05, 3.63) is 48.0 Å². The molecular formula is C11H8Zr+2. The van der Waals surface area contributed by atoms with Crippen LogP contribution in [0.15, 0.2) is 42.5 Å². The molecule has 0 radical (unpaired) electrons. The molecule has 2 aromatic rings. The average molecular weight is 231 g/mol. The Morgan fingerprint density at radius 1 is 0.917 bits per heavy atom. The van der Waals surface area contributed by atoms with E-state index in [0.29, 0.717) is 0 Å². The standard InChI is InChI=1S/C11H8.Zr/c1-9-6-7-10-4-2-3-5-11(10)8-9;/h1-8H;/q;+2. The first-order valence-electron chi connectivity index (χ1n) is 3.89. The van der Waals surface area contributed by atoms with Gasteiger partial charge < -0.3 is 0 Å². The molecule has 2 rings (SSSR count). The summed E-state index contributed by atoms with van der Waals surface area (Å²) in [5, 5.41) is 2.65. The van der Waals surface area contributed by atoms with Gasteiger partial charge in [-0.25, -0.2) is 0 Å². The van der Waals surface area contributed by atoms with Crippen LogP contribution in [0.25, 0.3) is 10.8 Å². The third kappa shape index (κ3) is 1.47. The van der Waals surface area contributed by atoms with E-state index in [1.165, 1.54) is 40.6 Å². The Hall–Kier alpha value is -0.547. The first kappa shape index (κ1) is 8.07. The van der Waals surface area contributed by atoms with Gasteiger partial charge in [0.1, 0.15) is 0 Å². The molecule has 0 atom stereocenters. The summed E-state index contributed by atoms with van der Waals surface area (Å²) in [4.78, 5) is 0. The molecule has 0 aromatic heterocycles. The van der Waals surface area contributed by atoms with Crippen LogP contribution in [0.3, 0.4) is 0 Å². The molecule has 0 heterocycles. The summed E-state index contributed by atoms with van der Waals surface area (Å²) >= 11 is 1.46. The molecule has 0 aliphatic heterocycles. The molecule has 0 N–H and O–H groups in total. The van der Waals surface area contributed by atoms with Crippen molar-refractivity contribution >= 4 is 14.5 Å². The molecule has 0 amide bonds. The van der Waals surface area contributed by atoms with Crippen molar-refractivity contribution in [2.75, 3.05) is 0 Å². The molecule has 0 unspecified atom stereocenters. The van der Waals surface area contributed by atoms with Gasteiger partial charge >= 0.3 is 86.7 Å². The SMILES string of the molecule is [Zr+2]=[CH]c1ccc2ccccc2c1. The zero-order valence-electron chi connectivity index (χ0n) is 6.62. The summed E-state index contributed by atoms with van der Waals surface area (Å²) in [5.41, 5.74) is 1.33. The predicted molar refractivity (Wildman–Crippen MR) is 49.1 cm³/mol. The van der Waals surface area contributed by atoms with Gasteiger partial charge in [0.25, 0.3) is 0 Å². The summed E-state index contributed by atoms with van der Waals surface area (Å²) in [5.74, 6) is 0. The van der Waals surface area contributed by atoms with Crippen LogP contribution in [-0.4, -0.2) is 3.71 Å². The first-order chi connectivity index (χ1) is 5.90. The number of fused-ring (bicyclic) bond motifs is 1. The van der Waals surface area contributed by atoms with Crippen LogP contribution in [0.4, 0.5) is 0 Å². The summed E-state index contributed by atoms with van der Waals surface area (Å²) in [6, 6.07) is 15.0. The quantitative estimate of drug-likeness (QED) is 0.707. The second kappa shape index (κ2) is 3.45. The number of rotatable bonds is 1. The summed E-state index contributed by atoms with van der Waals surface area (Å²) in [6.45, 7) is 0. The van der Waals surface area contributed by atoms with Gasteiger partial charge in [-0.3, -0.25) is 0 Å². The predicted octanol–water partition coefficient (Wildman–Crippen LogP) is 2.54. The molecule has 0 spiro atoms. The molecule has 0 bridgehead atoms. The van der Waals surface area contributed by atoms with Crippen LogP contribution in [0.5, 0.6) is 0 Å². The summed E-state index contributed by atoms with van der Waals surface area (Å²) < 4.78 is 2.21. The second-order valence-electron chi connectivity index (χ2n) is 2.75. The van der Waals surface area contributed by atoms with E-state index in [-0.39, 0.29) is 0 Å². The van der Waals surface area contributed by atoms with Gasteiger partial charge in [-0.2, -0.15) is 0 Å². The topological polar surface area (TPSA) is 0 Å². The van der Waals surface area contributed by atoms with E-state index in [1.54, 1.807) is 0 Å². The van der Waals surface area contributed by atoms with Crippen LogP contribution in [0.1, 0.15) is 5.56 Å². The van der Waals surface area contributed by atoms with Gasteiger partial charge in [-0.05, 0) is 0 Å². The Morgan fingerprint density at radius 2 is 1.67 bits per heavy atom. The van der Waals surface area contributed by atoms with Gasteiger partial charge in [0.05, 0.1) is 0 Å². The Kier molecular flexibility index (Phi) is 2.32. The Morgan fingerprint density at radius 3 is 2.42 bits per heavy atom. The monoisotopic (exact) mass is 230 g/mol. The number of hydrogen-bond acceptors (Lipinski definition) is 0. The summed E-state index contributed by atoms with van der Waals surface area (Å²) in [7, 11) is 0. The van der Waals surface area contributed by atoms with Gasteiger partial charge in [-0.1, -0.05) is 0 Å². The second-order valence-corrected chi connectivity index (χ2v) is 3.46. The van der Waals surface area contributed by atoms with Crippen molar-refractivity contribution in [2.45, 2.75) is 0 Å². The van der Waals surface area contributed by atoms with Crippen molar-refractivity contribution < 1.29 is 24.2 Å². The molecule has 0 aliphatic carbocycles. The minimum absolute atomic E-state index is 1.32. The molecule has 0 saturated heterocycles. The molecule has 0 aliphatic rings. The Labute approximate surface area is 86.5 Å². The van der Waals surface area contributed by atoms with E-state index < -0.39 is 0 Å². The van der Waals surface area contributed by atoms with Crippen molar-refractivity contribution in [3.63, 3.8) is 0 Å². The van der Waals surface area contributed by atoms with Crippen LogP contribution >= 0.6 is 0 Å². The fraction of sp³-hybridized carbons (Fsp3) is 0. The molecular weight excluding hydrogens is 223 g/mol. The molecule has 1 heteroatoms. The molecule has 0 nitrogen and oxygen atoms in total. The fourth-order valence-corrected chi connectivity index (χ4v) is 1.74. The molecule has 2 aromatic carbocycles. The maximum absolute atomic E-state index is 2.23. The normalized spacial score (nSPS) is 10.2. The van der Waals surface area contributed by atoms with E-state index in [1.807, 2.05) is 0 Å². The first-order valence-corrected chi connectivity index (χ1v) is 5.31. The van der Waals surface area contributed by atoms with Gasteiger partial charge in [-0.15, -0.1) is 0 Å². The Bertz CT molecular complexity index is 418. The Balaban J connectivity index is 2.75. The van der Waals surface area contributed by atoms with Crippen LogP contribution in [-0.2, 0) is 24.2 Å². The van der Waals surface area contributed by atoms with Crippen molar-refractivity contribution in [3.8, 4) is 0 Å². The van der Waals surface area contributed by atoms with Gasteiger partial charge in [0.15, 0.2) is 0 Å². The van der Waals surface area contributed by atoms with Crippen molar-refractivity contribution in [1.29, 1.82) is 0 Å². The van der Waals surface area contributed by atoms with Crippen molar-refractivity contribution in [2.24, 2.45) is 0 Å². The zero-order valence-corrected chi connectivity index (χ0v) is 9.08. The van der Waals surface area contributed by atoms with Crippen LogP contribution in [0, 0.1) is 0 Å². The summed E-state index contributed by atoms with van der Waals surface area (Å²) in [6.07, 6.45) is 0. The van der Waals surface area contributed by atoms with Gasteiger partial charge in [0, 0.05) is 0 Å². The maximum atomic E-state index is 2.23. The number of benzene rings is 2. The van der Waals surface area contributed by atoms with Crippen LogP contribution < -0.4 is 0 Å². The van der Waals surface area contributed by atoms with Crippen molar-refractivity contribution in [1.82, 2.24) is 0 Å². The minimum atomic E-state index is 1.32. The molecule has 12 heavy (non-hydrogen) atoms. The van der Waals surface area contributed by atoms with E-state index in [2.05, 4.69) is 46.2 Å². The zero-order chi connectivity index (χ0) is 8.39. The van der Waals surface area contributed by atoms with Crippen LogP contribution in [0.2, 0.25) is 0 Å². The molecule has 0 fully saturated rings.